The monoisotopic (exact) mass is 367 g/mol. The van der Waals surface area contributed by atoms with E-state index in [2.05, 4.69) is 5.32 Å². The van der Waals surface area contributed by atoms with Crippen LogP contribution < -0.4 is 5.32 Å². The van der Waals surface area contributed by atoms with Gasteiger partial charge in [0, 0.05) is 11.3 Å². The fraction of sp³-hybridized carbons (Fsp3) is 0. The molecule has 0 saturated heterocycles. The van der Waals surface area contributed by atoms with E-state index in [0.29, 0.717) is 21.3 Å². The third-order valence-electron chi connectivity index (χ3n) is 3.62. The summed E-state index contributed by atoms with van der Waals surface area (Å²) in [7, 11) is 0. The zero-order chi connectivity index (χ0) is 17.6. The van der Waals surface area contributed by atoms with Gasteiger partial charge in [-0.25, -0.2) is 0 Å². The Bertz CT molecular complexity index is 906. The molecule has 3 aromatic rings. The molecule has 0 radical (unpaired) electrons. The largest absolute Gasteiger partial charge is 0.322 e. The van der Waals surface area contributed by atoms with E-state index in [1.54, 1.807) is 18.2 Å². The highest BCUT2D eigenvalue weighted by atomic mass is 35.5. The molecule has 124 valence electrons. The lowest BCUT2D eigenvalue weighted by molar-refractivity contribution is -0.111. The molecule has 0 aromatic heterocycles. The van der Waals surface area contributed by atoms with Crippen LogP contribution in [0.4, 0.5) is 5.69 Å². The van der Waals surface area contributed by atoms with Crippen LogP contribution in [0.1, 0.15) is 11.1 Å². The maximum atomic E-state index is 12.9. The molecule has 0 saturated carbocycles. The molecule has 3 rings (SSSR count). The lowest BCUT2D eigenvalue weighted by Gasteiger charge is -2.10. The van der Waals surface area contributed by atoms with E-state index in [-0.39, 0.29) is 5.91 Å². The summed E-state index contributed by atoms with van der Waals surface area (Å²) in [6.45, 7) is 0. The Morgan fingerprint density at radius 3 is 2.08 bits per heavy atom. The maximum Gasteiger partial charge on any atom is 0.256 e. The van der Waals surface area contributed by atoms with Gasteiger partial charge in [-0.05, 0) is 35.4 Å². The molecule has 0 aliphatic heterocycles. The molecule has 3 aromatic carbocycles. The Labute approximate surface area is 156 Å². The molecule has 0 aliphatic carbocycles. The zero-order valence-corrected chi connectivity index (χ0v) is 14.8. The second kappa shape index (κ2) is 8.02. The van der Waals surface area contributed by atoms with Crippen molar-refractivity contribution < 1.29 is 4.79 Å². The summed E-state index contributed by atoms with van der Waals surface area (Å²) in [6, 6.07) is 24.3. The van der Waals surface area contributed by atoms with E-state index in [0.717, 1.165) is 11.1 Å². The Morgan fingerprint density at radius 2 is 1.44 bits per heavy atom. The molecular weight excluding hydrogens is 353 g/mol. The summed E-state index contributed by atoms with van der Waals surface area (Å²) in [5, 5.41) is 3.72. The minimum Gasteiger partial charge on any atom is -0.322 e. The van der Waals surface area contributed by atoms with Crippen LogP contribution in [0.25, 0.3) is 11.6 Å². The van der Waals surface area contributed by atoms with Crippen LogP contribution in [0.3, 0.4) is 0 Å². The van der Waals surface area contributed by atoms with Gasteiger partial charge in [-0.3, -0.25) is 4.79 Å². The van der Waals surface area contributed by atoms with Gasteiger partial charge in [0.1, 0.15) is 0 Å². The average Bonchev–Trinajstić information content (AvgIpc) is 2.64. The van der Waals surface area contributed by atoms with Crippen molar-refractivity contribution in [3.63, 3.8) is 0 Å². The van der Waals surface area contributed by atoms with Crippen LogP contribution in [0, 0.1) is 0 Å². The van der Waals surface area contributed by atoms with Gasteiger partial charge in [-0.1, -0.05) is 83.9 Å². The van der Waals surface area contributed by atoms with Crippen LogP contribution in [-0.2, 0) is 4.79 Å². The quantitative estimate of drug-likeness (QED) is 0.433. The number of amides is 1. The second-order valence-electron chi connectivity index (χ2n) is 5.42. The number of rotatable bonds is 4. The van der Waals surface area contributed by atoms with Crippen molar-refractivity contribution in [3.05, 3.63) is 100 Å². The van der Waals surface area contributed by atoms with Crippen molar-refractivity contribution in [2.24, 2.45) is 0 Å². The van der Waals surface area contributed by atoms with Crippen molar-refractivity contribution in [1.82, 2.24) is 0 Å². The Hall–Kier alpha value is -2.55. The summed E-state index contributed by atoms with van der Waals surface area (Å²) >= 11 is 12.0. The van der Waals surface area contributed by atoms with Gasteiger partial charge in [0.05, 0.1) is 10.0 Å². The number of nitrogens with one attached hydrogen (secondary N) is 1. The topological polar surface area (TPSA) is 29.1 Å². The Balaban J connectivity index is 1.95. The van der Waals surface area contributed by atoms with Gasteiger partial charge in [-0.15, -0.1) is 0 Å². The third-order valence-corrected chi connectivity index (χ3v) is 4.36. The van der Waals surface area contributed by atoms with E-state index < -0.39 is 0 Å². The number of halogens is 2. The van der Waals surface area contributed by atoms with Gasteiger partial charge in [0.2, 0.25) is 0 Å². The first-order valence-electron chi connectivity index (χ1n) is 7.72. The highest BCUT2D eigenvalue weighted by molar-refractivity contribution is 6.42. The molecule has 0 spiro atoms. The molecule has 1 amide bonds. The van der Waals surface area contributed by atoms with Crippen LogP contribution in [0.15, 0.2) is 78.9 Å². The van der Waals surface area contributed by atoms with Crippen molar-refractivity contribution in [2.75, 3.05) is 5.32 Å². The first-order chi connectivity index (χ1) is 12.1. The SMILES string of the molecule is O=C(Nc1ccc(Cl)c(Cl)c1)/C(=C/c1ccccc1)c1ccccc1. The van der Waals surface area contributed by atoms with Gasteiger partial charge in [0.15, 0.2) is 0 Å². The minimum absolute atomic E-state index is 0.214. The molecule has 1 N–H and O–H groups in total. The van der Waals surface area contributed by atoms with Gasteiger partial charge >= 0.3 is 0 Å². The summed E-state index contributed by atoms with van der Waals surface area (Å²) < 4.78 is 0. The van der Waals surface area contributed by atoms with Crippen molar-refractivity contribution in [2.45, 2.75) is 0 Å². The van der Waals surface area contributed by atoms with E-state index >= 15 is 0 Å². The molecule has 0 heterocycles. The fourth-order valence-electron chi connectivity index (χ4n) is 2.39. The predicted octanol–water partition coefficient (Wildman–Crippen LogP) is 6.17. The van der Waals surface area contributed by atoms with Crippen LogP contribution in [0.2, 0.25) is 10.0 Å². The van der Waals surface area contributed by atoms with E-state index in [1.807, 2.05) is 66.7 Å². The standard InChI is InChI=1S/C21H15Cl2NO/c22-19-12-11-17(14-20(19)23)24-21(25)18(16-9-5-2-6-10-16)13-15-7-3-1-4-8-15/h1-14H,(H,24,25)/b18-13+. The van der Waals surface area contributed by atoms with E-state index in [4.69, 9.17) is 23.2 Å². The summed E-state index contributed by atoms with van der Waals surface area (Å²) in [6.07, 6.45) is 1.86. The van der Waals surface area contributed by atoms with Gasteiger partial charge in [-0.2, -0.15) is 0 Å². The normalized spacial score (nSPS) is 11.2. The zero-order valence-electron chi connectivity index (χ0n) is 13.2. The summed E-state index contributed by atoms with van der Waals surface area (Å²) in [5.41, 5.74) is 2.95. The molecule has 2 nitrogen and oxygen atoms in total. The van der Waals surface area contributed by atoms with Gasteiger partial charge in [0.25, 0.3) is 5.91 Å². The Morgan fingerprint density at radius 1 is 0.800 bits per heavy atom. The van der Waals surface area contributed by atoms with Crippen molar-refractivity contribution in [3.8, 4) is 0 Å². The van der Waals surface area contributed by atoms with E-state index in [1.165, 1.54) is 0 Å². The molecule has 25 heavy (non-hydrogen) atoms. The highest BCUT2D eigenvalue weighted by Gasteiger charge is 2.13. The number of hydrogen-bond donors (Lipinski definition) is 1. The number of carbonyl (C=O) groups excluding carboxylic acids is 1. The van der Waals surface area contributed by atoms with Crippen LogP contribution >= 0.6 is 23.2 Å². The second-order valence-corrected chi connectivity index (χ2v) is 6.23. The summed E-state index contributed by atoms with van der Waals surface area (Å²) in [5.74, 6) is -0.214. The summed E-state index contributed by atoms with van der Waals surface area (Å²) in [4.78, 5) is 12.9. The third kappa shape index (κ3) is 4.50. The number of benzene rings is 3. The van der Waals surface area contributed by atoms with E-state index in [9.17, 15) is 4.79 Å². The number of hydrogen-bond acceptors (Lipinski definition) is 1. The van der Waals surface area contributed by atoms with Crippen molar-refractivity contribution in [1.29, 1.82) is 0 Å². The Kier molecular flexibility index (Phi) is 5.54. The number of carbonyl (C=O) groups is 1. The van der Waals surface area contributed by atoms with Crippen molar-refractivity contribution >= 4 is 46.4 Å². The molecule has 4 heteroatoms. The predicted molar refractivity (Wildman–Crippen MR) is 106 cm³/mol. The molecule has 0 unspecified atom stereocenters. The number of anilines is 1. The minimum atomic E-state index is -0.214. The fourth-order valence-corrected chi connectivity index (χ4v) is 2.68. The van der Waals surface area contributed by atoms with Gasteiger partial charge < -0.3 is 5.32 Å². The smallest absolute Gasteiger partial charge is 0.256 e. The molecule has 0 fully saturated rings. The maximum absolute atomic E-state index is 12.9. The molecular formula is C21H15Cl2NO. The lowest BCUT2D eigenvalue weighted by atomic mass is 10.0. The lowest BCUT2D eigenvalue weighted by Crippen LogP contribution is -2.13. The van der Waals surface area contributed by atoms with Crippen LogP contribution in [0.5, 0.6) is 0 Å². The highest BCUT2D eigenvalue weighted by Crippen LogP contribution is 2.26. The molecule has 0 aliphatic rings. The first-order valence-corrected chi connectivity index (χ1v) is 8.47. The average molecular weight is 368 g/mol. The van der Waals surface area contributed by atoms with Crippen LogP contribution in [-0.4, -0.2) is 5.91 Å². The first kappa shape index (κ1) is 17.3. The molecule has 0 atom stereocenters. The molecule has 0 bridgehead atoms.